The third kappa shape index (κ3) is 11.1. The molecule has 0 atom stereocenters. The van der Waals surface area contributed by atoms with Crippen LogP contribution >= 0.6 is 24.8 Å². The van der Waals surface area contributed by atoms with Crippen LogP contribution in [0.2, 0.25) is 0 Å². The van der Waals surface area contributed by atoms with Gasteiger partial charge < -0.3 is 13.8 Å². The first-order valence-electron chi connectivity index (χ1n) is 7.03. The number of hydrogen-bond acceptors (Lipinski definition) is 0. The summed E-state index contributed by atoms with van der Waals surface area (Å²) in [7, 11) is 0. The molecular weight excluding hydrogens is 402 g/mol. The van der Waals surface area contributed by atoms with Crippen LogP contribution in [0.3, 0.4) is 0 Å². The van der Waals surface area contributed by atoms with Gasteiger partial charge in [-0.1, -0.05) is 99.5 Å². The Hall–Kier alpha value is -0.0969. The molecule has 0 nitrogen and oxygen atoms in total. The van der Waals surface area contributed by atoms with Gasteiger partial charge >= 0.3 is 26.2 Å². The molecule has 0 aliphatic heterocycles. The summed E-state index contributed by atoms with van der Waals surface area (Å²) in [4.78, 5) is 0. The van der Waals surface area contributed by atoms with E-state index in [2.05, 4.69) is 65.8 Å². The maximum atomic E-state index is 4.04. The van der Waals surface area contributed by atoms with Gasteiger partial charge in [-0.15, -0.1) is 35.6 Å². The molecular formula is C20H28Cl2Zr. The standard InChI is InChI=1S/2C10H13.2ClH.Zr/c2*1-10(2,3)9-7-5-4-6-8-9;;;/h2*4-8H,1H2,2-3H3;2*1H;/q2*-1;;;+2. The van der Waals surface area contributed by atoms with Crippen LogP contribution in [0, 0.1) is 13.8 Å². The molecule has 0 aromatic heterocycles. The van der Waals surface area contributed by atoms with E-state index in [4.69, 9.17) is 0 Å². The van der Waals surface area contributed by atoms with Gasteiger partial charge in [0.2, 0.25) is 0 Å². The minimum atomic E-state index is 0. The molecule has 0 heterocycles. The predicted octanol–water partition coefficient (Wildman–Crippen LogP) is 6.44. The van der Waals surface area contributed by atoms with Crippen molar-refractivity contribution in [3.8, 4) is 0 Å². The number of halogens is 2. The normalized spacial score (nSPS) is 10.0. The second-order valence-corrected chi connectivity index (χ2v) is 6.50. The Morgan fingerprint density at radius 2 is 0.783 bits per heavy atom. The largest absolute Gasteiger partial charge is 2.00 e. The minimum Gasteiger partial charge on any atom is -0.333 e. The molecule has 0 saturated heterocycles. The fraction of sp³-hybridized carbons (Fsp3) is 0.300. The van der Waals surface area contributed by atoms with Crippen LogP contribution in [0.15, 0.2) is 60.7 Å². The summed E-state index contributed by atoms with van der Waals surface area (Å²) in [6.45, 7) is 16.5. The predicted molar refractivity (Wildman–Crippen MR) is 104 cm³/mol. The summed E-state index contributed by atoms with van der Waals surface area (Å²) in [6, 6.07) is 20.6. The van der Waals surface area contributed by atoms with E-state index in [-0.39, 0.29) is 61.8 Å². The van der Waals surface area contributed by atoms with Crippen molar-refractivity contribution in [2.45, 2.75) is 38.5 Å². The Morgan fingerprint density at radius 1 is 0.565 bits per heavy atom. The second kappa shape index (κ2) is 12.3. The zero-order chi connectivity index (χ0) is 15.2. The van der Waals surface area contributed by atoms with Crippen molar-refractivity contribution in [2.24, 2.45) is 0 Å². The molecule has 3 heteroatoms. The summed E-state index contributed by atoms with van der Waals surface area (Å²) in [6.07, 6.45) is 0. The first-order valence-corrected chi connectivity index (χ1v) is 7.03. The van der Waals surface area contributed by atoms with Gasteiger partial charge in [0.05, 0.1) is 0 Å². The van der Waals surface area contributed by atoms with E-state index < -0.39 is 0 Å². The molecule has 0 radical (unpaired) electrons. The summed E-state index contributed by atoms with van der Waals surface area (Å²) in [5.74, 6) is 0. The van der Waals surface area contributed by atoms with Crippen LogP contribution in [-0.2, 0) is 37.0 Å². The van der Waals surface area contributed by atoms with E-state index >= 15 is 0 Å². The van der Waals surface area contributed by atoms with Crippen molar-refractivity contribution in [1.82, 2.24) is 0 Å². The Bertz CT molecular complexity index is 447. The summed E-state index contributed by atoms with van der Waals surface area (Å²) in [5.41, 5.74) is 2.66. The maximum absolute atomic E-state index is 4.04. The van der Waals surface area contributed by atoms with Crippen LogP contribution in [0.1, 0.15) is 38.8 Å². The third-order valence-corrected chi connectivity index (χ3v) is 3.11. The van der Waals surface area contributed by atoms with E-state index in [9.17, 15) is 0 Å². The molecule has 2 aromatic rings. The number of rotatable bonds is 2. The Kier molecular flexibility index (Phi) is 14.8. The van der Waals surface area contributed by atoms with Gasteiger partial charge in [-0.05, 0) is 0 Å². The van der Waals surface area contributed by atoms with Gasteiger partial charge in [-0.25, -0.2) is 0 Å². The van der Waals surface area contributed by atoms with Crippen molar-refractivity contribution < 1.29 is 26.2 Å². The van der Waals surface area contributed by atoms with Crippen LogP contribution < -0.4 is 0 Å². The van der Waals surface area contributed by atoms with Gasteiger partial charge in [0.15, 0.2) is 0 Å². The average Bonchev–Trinajstić information content (AvgIpc) is 2.40. The maximum Gasteiger partial charge on any atom is 2.00 e. The fourth-order valence-corrected chi connectivity index (χ4v) is 1.78. The molecule has 23 heavy (non-hydrogen) atoms. The van der Waals surface area contributed by atoms with Crippen LogP contribution in [0.5, 0.6) is 0 Å². The average molecular weight is 431 g/mol. The molecule has 0 saturated carbocycles. The van der Waals surface area contributed by atoms with Crippen LogP contribution in [0.25, 0.3) is 0 Å². The molecule has 0 bridgehead atoms. The minimum absolute atomic E-state index is 0. The molecule has 0 spiro atoms. The summed E-state index contributed by atoms with van der Waals surface area (Å²) >= 11 is 0. The molecule has 2 rings (SSSR count). The van der Waals surface area contributed by atoms with Crippen molar-refractivity contribution in [3.05, 3.63) is 85.6 Å². The second-order valence-electron chi connectivity index (χ2n) is 6.50. The van der Waals surface area contributed by atoms with Crippen LogP contribution in [0.4, 0.5) is 0 Å². The van der Waals surface area contributed by atoms with E-state index in [1.165, 1.54) is 11.1 Å². The Morgan fingerprint density at radius 3 is 0.913 bits per heavy atom. The molecule has 2 aromatic carbocycles. The number of benzene rings is 2. The van der Waals surface area contributed by atoms with E-state index in [0.717, 1.165) is 0 Å². The fourth-order valence-electron chi connectivity index (χ4n) is 1.78. The smallest absolute Gasteiger partial charge is 0.333 e. The van der Waals surface area contributed by atoms with E-state index in [0.29, 0.717) is 0 Å². The Labute approximate surface area is 174 Å². The first-order chi connectivity index (χ1) is 9.21. The molecule has 0 aliphatic rings. The summed E-state index contributed by atoms with van der Waals surface area (Å²) in [5, 5.41) is 0. The third-order valence-electron chi connectivity index (χ3n) is 3.11. The zero-order valence-corrected chi connectivity index (χ0v) is 18.6. The quantitative estimate of drug-likeness (QED) is 0.481. The molecule has 0 unspecified atom stereocenters. The van der Waals surface area contributed by atoms with Crippen molar-refractivity contribution >= 4 is 24.8 Å². The van der Waals surface area contributed by atoms with E-state index in [1.807, 2.05) is 36.4 Å². The van der Waals surface area contributed by atoms with Gasteiger partial charge in [0, 0.05) is 0 Å². The van der Waals surface area contributed by atoms with Crippen molar-refractivity contribution in [3.63, 3.8) is 0 Å². The van der Waals surface area contributed by atoms with Crippen LogP contribution in [-0.4, -0.2) is 0 Å². The Balaban J connectivity index is -0.000000308. The molecule has 0 amide bonds. The van der Waals surface area contributed by atoms with Gasteiger partial charge in [0.25, 0.3) is 0 Å². The monoisotopic (exact) mass is 428 g/mol. The van der Waals surface area contributed by atoms with Crippen molar-refractivity contribution in [2.75, 3.05) is 0 Å². The molecule has 0 fully saturated rings. The zero-order valence-electron chi connectivity index (χ0n) is 14.5. The molecule has 126 valence electrons. The molecule has 0 aliphatic carbocycles. The van der Waals surface area contributed by atoms with Gasteiger partial charge in [-0.3, -0.25) is 0 Å². The van der Waals surface area contributed by atoms with Gasteiger partial charge in [-0.2, -0.15) is 0 Å². The SMILES string of the molecule is Cl.Cl.[CH2-]C(C)(C)c1ccccc1.[CH2-]C(C)(C)c1ccccc1.[Zr+2]. The van der Waals surface area contributed by atoms with Gasteiger partial charge in [0.1, 0.15) is 0 Å². The van der Waals surface area contributed by atoms with E-state index in [1.54, 1.807) is 0 Å². The van der Waals surface area contributed by atoms with Crippen molar-refractivity contribution in [1.29, 1.82) is 0 Å². The summed E-state index contributed by atoms with van der Waals surface area (Å²) < 4.78 is 0. The number of hydrogen-bond donors (Lipinski definition) is 0. The first kappa shape index (κ1) is 27.7. The molecule has 0 N–H and O–H groups in total. The topological polar surface area (TPSA) is 0 Å².